The van der Waals surface area contributed by atoms with Crippen LogP contribution in [0.4, 0.5) is 15.8 Å². The van der Waals surface area contributed by atoms with E-state index in [-0.39, 0.29) is 30.3 Å². The van der Waals surface area contributed by atoms with Crippen LogP contribution in [0.1, 0.15) is 16.5 Å². The zero-order valence-corrected chi connectivity index (χ0v) is 16.8. The number of ether oxygens (including phenoxy) is 1. The normalized spacial score (nSPS) is 13.8. The van der Waals surface area contributed by atoms with Crippen molar-refractivity contribution in [1.29, 1.82) is 0 Å². The first-order chi connectivity index (χ1) is 14.9. The molecule has 1 atom stereocenters. The summed E-state index contributed by atoms with van der Waals surface area (Å²) in [5.74, 6) is -1.07. The van der Waals surface area contributed by atoms with Crippen molar-refractivity contribution in [3.05, 3.63) is 86.3 Å². The molecule has 1 N–H and O–H groups in total. The molecule has 2 heterocycles. The molecular formula is C21H16FN3O5S. The molecule has 2 aromatic carbocycles. The quantitative estimate of drug-likeness (QED) is 0.467. The molecule has 0 saturated heterocycles. The Morgan fingerprint density at radius 3 is 2.71 bits per heavy atom. The number of anilines is 1. The Morgan fingerprint density at radius 1 is 1.26 bits per heavy atom. The molecule has 0 bridgehead atoms. The number of nitro groups is 1. The van der Waals surface area contributed by atoms with Crippen LogP contribution >= 0.6 is 11.3 Å². The van der Waals surface area contributed by atoms with Gasteiger partial charge in [-0.25, -0.2) is 4.39 Å². The maximum atomic E-state index is 13.3. The molecular weight excluding hydrogens is 425 g/mol. The number of amides is 2. The fraction of sp³-hybridized carbons (Fsp3) is 0.143. The Bertz CT molecular complexity index is 1130. The molecule has 4 rings (SSSR count). The van der Waals surface area contributed by atoms with Crippen LogP contribution in [0.25, 0.3) is 0 Å². The predicted molar refractivity (Wildman–Crippen MR) is 112 cm³/mol. The highest BCUT2D eigenvalue weighted by molar-refractivity contribution is 7.10. The van der Waals surface area contributed by atoms with Crippen molar-refractivity contribution in [2.75, 3.05) is 18.1 Å². The molecule has 0 spiro atoms. The third kappa shape index (κ3) is 4.38. The molecule has 1 aliphatic heterocycles. The fourth-order valence-corrected chi connectivity index (χ4v) is 4.06. The average Bonchev–Trinajstić information content (AvgIpc) is 3.29. The lowest BCUT2D eigenvalue weighted by molar-refractivity contribution is -0.384. The lowest BCUT2D eigenvalue weighted by atomic mass is 10.1. The molecule has 1 aliphatic rings. The number of benzene rings is 2. The van der Waals surface area contributed by atoms with E-state index in [9.17, 15) is 24.1 Å². The zero-order chi connectivity index (χ0) is 22.0. The van der Waals surface area contributed by atoms with Crippen LogP contribution in [-0.4, -0.2) is 29.9 Å². The van der Waals surface area contributed by atoms with Crippen molar-refractivity contribution in [2.24, 2.45) is 0 Å². The Kier molecular flexibility index (Phi) is 5.63. The van der Waals surface area contributed by atoms with Crippen molar-refractivity contribution < 1.29 is 23.6 Å². The van der Waals surface area contributed by atoms with E-state index in [1.54, 1.807) is 12.1 Å². The topological polar surface area (TPSA) is 102 Å². The van der Waals surface area contributed by atoms with Crippen LogP contribution in [0.3, 0.4) is 0 Å². The molecule has 1 aromatic heterocycles. The number of hydrogen-bond acceptors (Lipinski definition) is 6. The predicted octanol–water partition coefficient (Wildman–Crippen LogP) is 3.43. The van der Waals surface area contributed by atoms with Crippen LogP contribution in [0.5, 0.6) is 5.75 Å². The number of nitrogens with zero attached hydrogens (tertiary/aromatic N) is 2. The molecule has 0 radical (unpaired) electrons. The lowest BCUT2D eigenvalue weighted by Gasteiger charge is -2.29. The van der Waals surface area contributed by atoms with Crippen LogP contribution in [-0.2, 0) is 9.59 Å². The van der Waals surface area contributed by atoms with E-state index < -0.39 is 28.6 Å². The number of rotatable bonds is 6. The summed E-state index contributed by atoms with van der Waals surface area (Å²) in [7, 11) is 0. The third-order valence-corrected chi connectivity index (χ3v) is 5.67. The largest absolute Gasteiger partial charge is 0.482 e. The van der Waals surface area contributed by atoms with Gasteiger partial charge in [0.2, 0.25) is 5.91 Å². The van der Waals surface area contributed by atoms with Crippen molar-refractivity contribution in [3.63, 3.8) is 0 Å². The number of nitro benzene ring substituents is 1. The minimum Gasteiger partial charge on any atom is -0.482 e. The van der Waals surface area contributed by atoms with Crippen LogP contribution < -0.4 is 15.0 Å². The molecule has 158 valence electrons. The number of hydrogen-bond donors (Lipinski definition) is 1. The molecule has 1 unspecified atom stereocenters. The Balaban J connectivity index is 1.58. The molecule has 0 aliphatic carbocycles. The van der Waals surface area contributed by atoms with Gasteiger partial charge in [0.25, 0.3) is 11.6 Å². The molecule has 8 nitrogen and oxygen atoms in total. The van der Waals surface area contributed by atoms with Gasteiger partial charge in [-0.2, -0.15) is 0 Å². The second kappa shape index (κ2) is 8.52. The van der Waals surface area contributed by atoms with E-state index in [0.29, 0.717) is 5.56 Å². The molecule has 31 heavy (non-hydrogen) atoms. The highest BCUT2D eigenvalue weighted by Crippen LogP contribution is 2.35. The van der Waals surface area contributed by atoms with Gasteiger partial charge in [-0.3, -0.25) is 24.6 Å². The van der Waals surface area contributed by atoms with E-state index in [0.717, 1.165) is 9.78 Å². The number of nitrogens with one attached hydrogen (secondary N) is 1. The molecule has 0 saturated carbocycles. The molecule has 10 heteroatoms. The van der Waals surface area contributed by atoms with Gasteiger partial charge in [-0.15, -0.1) is 11.3 Å². The molecule has 2 amide bonds. The van der Waals surface area contributed by atoms with Crippen LogP contribution in [0, 0.1) is 15.9 Å². The number of carbonyl (C=O) groups excluding carboxylic acids is 2. The number of halogens is 1. The van der Waals surface area contributed by atoms with Gasteiger partial charge in [0.15, 0.2) is 6.61 Å². The van der Waals surface area contributed by atoms with E-state index in [1.807, 2.05) is 17.5 Å². The van der Waals surface area contributed by atoms with Gasteiger partial charge >= 0.3 is 0 Å². The van der Waals surface area contributed by atoms with Gasteiger partial charge in [-0.05, 0) is 35.2 Å². The van der Waals surface area contributed by atoms with Crippen LogP contribution in [0.15, 0.2) is 60.0 Å². The first kappa shape index (κ1) is 20.5. The second-order valence-corrected chi connectivity index (χ2v) is 7.72. The van der Waals surface area contributed by atoms with Crippen molar-refractivity contribution in [1.82, 2.24) is 5.32 Å². The Morgan fingerprint density at radius 2 is 2.03 bits per heavy atom. The first-order valence-electron chi connectivity index (χ1n) is 9.22. The lowest BCUT2D eigenvalue weighted by Crippen LogP contribution is -2.45. The van der Waals surface area contributed by atoms with E-state index in [4.69, 9.17) is 4.74 Å². The summed E-state index contributed by atoms with van der Waals surface area (Å²) in [5, 5.41) is 15.8. The van der Waals surface area contributed by atoms with Crippen molar-refractivity contribution in [3.8, 4) is 5.75 Å². The number of thiophene rings is 1. The summed E-state index contributed by atoms with van der Waals surface area (Å²) >= 11 is 1.43. The highest BCUT2D eigenvalue weighted by Gasteiger charge is 2.30. The summed E-state index contributed by atoms with van der Waals surface area (Å²) in [5.41, 5.74) is 0.627. The van der Waals surface area contributed by atoms with E-state index in [1.165, 1.54) is 41.7 Å². The summed E-state index contributed by atoms with van der Waals surface area (Å²) in [6.45, 7) is -0.621. The standard InChI is InChI=1S/C21H16FN3O5S/c22-14-5-3-13(4-6-14)21(18-2-1-9-31-18)23-19(26)11-24-16-10-15(25(28)29)7-8-17(16)30-12-20(24)27/h1-10,21H,11-12H2,(H,23,26). The second-order valence-electron chi connectivity index (χ2n) is 6.75. The number of non-ortho nitro benzene ring substituents is 1. The minimum absolute atomic E-state index is 0.162. The van der Waals surface area contributed by atoms with E-state index in [2.05, 4.69) is 5.32 Å². The minimum atomic E-state index is -0.584. The van der Waals surface area contributed by atoms with E-state index >= 15 is 0 Å². The van der Waals surface area contributed by atoms with Gasteiger partial charge in [0, 0.05) is 17.0 Å². The molecule has 0 fully saturated rings. The Hall–Kier alpha value is -3.79. The zero-order valence-electron chi connectivity index (χ0n) is 16.0. The summed E-state index contributed by atoms with van der Waals surface area (Å²) in [6.07, 6.45) is 0. The smallest absolute Gasteiger partial charge is 0.271 e. The number of fused-ring (bicyclic) bond motifs is 1. The summed E-state index contributed by atoms with van der Waals surface area (Å²) in [4.78, 5) is 37.8. The van der Waals surface area contributed by atoms with Gasteiger partial charge in [0.1, 0.15) is 18.1 Å². The highest BCUT2D eigenvalue weighted by atomic mass is 32.1. The fourth-order valence-electron chi connectivity index (χ4n) is 3.26. The maximum absolute atomic E-state index is 13.3. The van der Waals surface area contributed by atoms with Gasteiger partial charge < -0.3 is 10.1 Å². The van der Waals surface area contributed by atoms with Crippen molar-refractivity contribution in [2.45, 2.75) is 6.04 Å². The van der Waals surface area contributed by atoms with Crippen LogP contribution in [0.2, 0.25) is 0 Å². The monoisotopic (exact) mass is 441 g/mol. The third-order valence-electron chi connectivity index (χ3n) is 4.73. The summed E-state index contributed by atoms with van der Waals surface area (Å²) in [6, 6.07) is 12.8. The maximum Gasteiger partial charge on any atom is 0.271 e. The first-order valence-corrected chi connectivity index (χ1v) is 10.1. The van der Waals surface area contributed by atoms with Gasteiger partial charge in [-0.1, -0.05) is 18.2 Å². The average molecular weight is 441 g/mol. The SMILES string of the molecule is O=C(CN1C(=O)COc2ccc([N+](=O)[O-])cc21)NC(c1ccc(F)cc1)c1cccs1. The van der Waals surface area contributed by atoms with Gasteiger partial charge in [0.05, 0.1) is 16.7 Å². The molecule has 3 aromatic rings. The number of carbonyl (C=O) groups is 2. The van der Waals surface area contributed by atoms with Crippen molar-refractivity contribution >= 4 is 34.5 Å². The summed E-state index contributed by atoms with van der Waals surface area (Å²) < 4.78 is 18.7. The Labute approximate surface area is 180 Å².